The van der Waals surface area contributed by atoms with E-state index in [0.717, 1.165) is 19.5 Å². The number of ether oxygens (including phenoxy) is 2. The van der Waals surface area contributed by atoms with Crippen molar-refractivity contribution in [3.05, 3.63) is 0 Å². The van der Waals surface area contributed by atoms with E-state index < -0.39 is 0 Å². The van der Waals surface area contributed by atoms with Crippen LogP contribution in [0, 0.1) is 0 Å². The lowest BCUT2D eigenvalue weighted by Gasteiger charge is -2.45. The Morgan fingerprint density at radius 1 is 1.29 bits per heavy atom. The molecule has 1 saturated carbocycles. The molecule has 3 nitrogen and oxygen atoms in total. The molecule has 1 heterocycles. The summed E-state index contributed by atoms with van der Waals surface area (Å²) < 4.78 is 11.9. The summed E-state index contributed by atoms with van der Waals surface area (Å²) in [6.45, 7) is 6.28. The molecule has 2 aliphatic rings. The molecule has 1 N–H and O–H groups in total. The Kier molecular flexibility index (Phi) is 4.11. The highest BCUT2D eigenvalue weighted by atomic mass is 16.5. The fraction of sp³-hybridized carbons (Fsp3) is 1.00. The van der Waals surface area contributed by atoms with E-state index in [1.165, 1.54) is 32.1 Å². The third kappa shape index (κ3) is 3.43. The van der Waals surface area contributed by atoms with Crippen LogP contribution in [0.5, 0.6) is 0 Å². The Balaban J connectivity index is 1.92. The van der Waals surface area contributed by atoms with E-state index in [0.29, 0.717) is 6.10 Å². The van der Waals surface area contributed by atoms with Gasteiger partial charge in [-0.1, -0.05) is 19.3 Å². The maximum Gasteiger partial charge on any atom is 0.0810 e. The molecule has 1 aliphatic heterocycles. The fourth-order valence-electron chi connectivity index (χ4n) is 3.13. The van der Waals surface area contributed by atoms with Crippen molar-refractivity contribution in [3.63, 3.8) is 0 Å². The topological polar surface area (TPSA) is 30.5 Å². The molecule has 100 valence electrons. The largest absolute Gasteiger partial charge is 0.379 e. The quantitative estimate of drug-likeness (QED) is 0.823. The number of methoxy groups -OCH3 is 1. The number of rotatable bonds is 3. The van der Waals surface area contributed by atoms with Gasteiger partial charge >= 0.3 is 0 Å². The van der Waals surface area contributed by atoms with Gasteiger partial charge in [-0.2, -0.15) is 0 Å². The van der Waals surface area contributed by atoms with Gasteiger partial charge in [0.1, 0.15) is 0 Å². The zero-order chi connectivity index (χ0) is 12.4. The summed E-state index contributed by atoms with van der Waals surface area (Å²) in [5.41, 5.74) is 0.0462. The van der Waals surface area contributed by atoms with Crippen molar-refractivity contribution in [2.75, 3.05) is 20.2 Å². The average Bonchev–Trinajstić information content (AvgIpc) is 2.29. The Labute approximate surface area is 105 Å². The number of hydrogen-bond donors (Lipinski definition) is 1. The van der Waals surface area contributed by atoms with Gasteiger partial charge < -0.3 is 14.8 Å². The molecule has 2 fully saturated rings. The minimum Gasteiger partial charge on any atom is -0.379 e. The number of nitrogens with one attached hydrogen (secondary N) is 1. The summed E-state index contributed by atoms with van der Waals surface area (Å²) in [4.78, 5) is 0. The Hall–Kier alpha value is -0.120. The molecule has 3 heteroatoms. The van der Waals surface area contributed by atoms with Crippen LogP contribution in [0.3, 0.4) is 0 Å². The van der Waals surface area contributed by atoms with E-state index >= 15 is 0 Å². The van der Waals surface area contributed by atoms with Crippen molar-refractivity contribution in [1.29, 1.82) is 0 Å². The molecule has 1 saturated heterocycles. The van der Waals surface area contributed by atoms with E-state index in [4.69, 9.17) is 9.47 Å². The molecule has 0 radical (unpaired) electrons. The summed E-state index contributed by atoms with van der Waals surface area (Å²) >= 11 is 0. The van der Waals surface area contributed by atoms with Crippen molar-refractivity contribution in [1.82, 2.24) is 5.32 Å². The Morgan fingerprint density at radius 2 is 2.00 bits per heavy atom. The van der Waals surface area contributed by atoms with Gasteiger partial charge in [-0.05, 0) is 26.7 Å². The highest BCUT2D eigenvalue weighted by Gasteiger charge is 2.39. The fourth-order valence-corrected chi connectivity index (χ4v) is 3.13. The lowest BCUT2D eigenvalue weighted by Crippen LogP contribution is -2.55. The van der Waals surface area contributed by atoms with E-state index in [1.807, 2.05) is 0 Å². The van der Waals surface area contributed by atoms with Crippen LogP contribution in [-0.4, -0.2) is 37.5 Å². The molecule has 0 amide bonds. The van der Waals surface area contributed by atoms with Gasteiger partial charge in [-0.15, -0.1) is 0 Å². The van der Waals surface area contributed by atoms with Gasteiger partial charge in [0, 0.05) is 26.6 Å². The summed E-state index contributed by atoms with van der Waals surface area (Å²) in [6, 6.07) is 0. The van der Waals surface area contributed by atoms with E-state index in [2.05, 4.69) is 19.2 Å². The second-order valence-corrected chi connectivity index (χ2v) is 6.28. The highest BCUT2D eigenvalue weighted by molar-refractivity contribution is 4.92. The lowest BCUT2D eigenvalue weighted by molar-refractivity contribution is -0.153. The smallest absolute Gasteiger partial charge is 0.0810 e. The van der Waals surface area contributed by atoms with Gasteiger partial charge in [-0.3, -0.25) is 0 Å². The van der Waals surface area contributed by atoms with Crippen LogP contribution in [-0.2, 0) is 9.47 Å². The first kappa shape index (κ1) is 13.3. The monoisotopic (exact) mass is 241 g/mol. The molecule has 1 unspecified atom stereocenters. The summed E-state index contributed by atoms with van der Waals surface area (Å²) in [7, 11) is 1.78. The first-order valence-electron chi connectivity index (χ1n) is 6.99. The Bertz CT molecular complexity index is 241. The minimum absolute atomic E-state index is 0.0838. The molecular weight excluding hydrogens is 214 g/mol. The van der Waals surface area contributed by atoms with Crippen molar-refractivity contribution < 1.29 is 9.47 Å². The lowest BCUT2D eigenvalue weighted by atomic mass is 9.83. The van der Waals surface area contributed by atoms with Crippen LogP contribution in [0.4, 0.5) is 0 Å². The first-order chi connectivity index (χ1) is 8.05. The maximum absolute atomic E-state index is 6.41. The average molecular weight is 241 g/mol. The zero-order valence-electron chi connectivity index (χ0n) is 11.6. The molecule has 17 heavy (non-hydrogen) atoms. The van der Waals surface area contributed by atoms with Crippen molar-refractivity contribution in [2.24, 2.45) is 0 Å². The van der Waals surface area contributed by atoms with Crippen molar-refractivity contribution in [3.8, 4) is 0 Å². The Morgan fingerprint density at radius 3 is 2.65 bits per heavy atom. The summed E-state index contributed by atoms with van der Waals surface area (Å²) in [6.07, 6.45) is 7.74. The standard InChI is InChI=1S/C14H27NO2/c1-13(2,16-3)9-12-10-15-11-14(17-12)7-5-4-6-8-14/h12,15H,4-11H2,1-3H3. The molecule has 0 aromatic rings. The van der Waals surface area contributed by atoms with Crippen LogP contribution in [0.15, 0.2) is 0 Å². The highest BCUT2D eigenvalue weighted by Crippen LogP contribution is 2.35. The minimum atomic E-state index is -0.0838. The van der Waals surface area contributed by atoms with Crippen LogP contribution in [0.2, 0.25) is 0 Å². The normalized spacial score (nSPS) is 29.5. The third-order valence-corrected chi connectivity index (χ3v) is 4.27. The SMILES string of the molecule is COC(C)(C)CC1CNCC2(CCCCC2)O1. The van der Waals surface area contributed by atoms with Crippen molar-refractivity contribution in [2.45, 2.75) is 69.7 Å². The molecule has 1 aliphatic carbocycles. The second-order valence-electron chi connectivity index (χ2n) is 6.28. The molecular formula is C14H27NO2. The van der Waals surface area contributed by atoms with Crippen molar-refractivity contribution >= 4 is 0 Å². The third-order valence-electron chi connectivity index (χ3n) is 4.27. The molecule has 1 atom stereocenters. The summed E-state index contributed by atoms with van der Waals surface area (Å²) in [5, 5.41) is 3.56. The molecule has 0 aromatic carbocycles. The predicted molar refractivity (Wildman–Crippen MR) is 69.3 cm³/mol. The van der Waals surface area contributed by atoms with Gasteiger partial charge in [0.25, 0.3) is 0 Å². The van der Waals surface area contributed by atoms with Gasteiger partial charge in [0.15, 0.2) is 0 Å². The predicted octanol–water partition coefficient (Wildman–Crippen LogP) is 2.49. The second kappa shape index (κ2) is 5.25. The molecule has 2 rings (SSSR count). The van der Waals surface area contributed by atoms with Gasteiger partial charge in [0.05, 0.1) is 17.3 Å². The maximum atomic E-state index is 6.41. The van der Waals surface area contributed by atoms with Crippen LogP contribution in [0.25, 0.3) is 0 Å². The zero-order valence-corrected chi connectivity index (χ0v) is 11.6. The number of hydrogen-bond acceptors (Lipinski definition) is 3. The van der Waals surface area contributed by atoms with Crippen LogP contribution in [0.1, 0.15) is 52.4 Å². The van der Waals surface area contributed by atoms with E-state index in [1.54, 1.807) is 7.11 Å². The molecule has 0 bridgehead atoms. The first-order valence-corrected chi connectivity index (χ1v) is 6.99. The van der Waals surface area contributed by atoms with Gasteiger partial charge in [0.2, 0.25) is 0 Å². The van der Waals surface area contributed by atoms with Gasteiger partial charge in [-0.25, -0.2) is 0 Å². The molecule has 0 aromatic heterocycles. The van der Waals surface area contributed by atoms with Crippen LogP contribution < -0.4 is 5.32 Å². The van der Waals surface area contributed by atoms with E-state index in [-0.39, 0.29) is 11.2 Å². The van der Waals surface area contributed by atoms with Crippen LogP contribution >= 0.6 is 0 Å². The van der Waals surface area contributed by atoms with E-state index in [9.17, 15) is 0 Å². The molecule has 1 spiro atoms. The summed E-state index contributed by atoms with van der Waals surface area (Å²) in [5.74, 6) is 0. The number of morpholine rings is 1.